The van der Waals surface area contributed by atoms with Gasteiger partial charge in [0.25, 0.3) is 0 Å². The van der Waals surface area contributed by atoms with Crippen molar-refractivity contribution >= 4 is 11.6 Å². The molecule has 0 fully saturated rings. The minimum absolute atomic E-state index is 0.127. The summed E-state index contributed by atoms with van der Waals surface area (Å²) < 4.78 is 1.64. The van der Waals surface area contributed by atoms with Gasteiger partial charge in [-0.15, -0.1) is 5.10 Å². The number of nitrogens with two attached hydrogens (primary N) is 1. The van der Waals surface area contributed by atoms with E-state index in [2.05, 4.69) is 10.3 Å². The molecule has 0 radical (unpaired) electrons. The average Bonchev–Trinajstić information content (AvgIpc) is 2.66. The first-order valence-corrected chi connectivity index (χ1v) is 5.40. The van der Waals surface area contributed by atoms with Gasteiger partial charge in [0.15, 0.2) is 0 Å². The minimum Gasteiger partial charge on any atom is -0.323 e. The lowest BCUT2D eigenvalue weighted by molar-refractivity contribution is 0.756. The molecule has 0 spiro atoms. The highest BCUT2D eigenvalue weighted by molar-refractivity contribution is 6.32. The number of benzene rings is 1. The maximum atomic E-state index is 6.13. The summed E-state index contributed by atoms with van der Waals surface area (Å²) >= 11 is 6.13. The number of hydrogen-bond donors (Lipinski definition) is 1. The predicted octanol–water partition coefficient (Wildman–Crippen LogP) is 2.25. The molecule has 2 rings (SSSR count). The third kappa shape index (κ3) is 2.08. The summed E-state index contributed by atoms with van der Waals surface area (Å²) in [6.07, 6.45) is 1.79. The Bertz CT molecular complexity index is 504. The smallest absolute Gasteiger partial charge is 0.0995 e. The van der Waals surface area contributed by atoms with Crippen LogP contribution in [0.2, 0.25) is 5.02 Å². The van der Waals surface area contributed by atoms with Crippen LogP contribution in [0.1, 0.15) is 24.2 Å². The van der Waals surface area contributed by atoms with E-state index in [-0.39, 0.29) is 6.04 Å². The van der Waals surface area contributed by atoms with E-state index in [1.54, 1.807) is 10.9 Å². The van der Waals surface area contributed by atoms with Crippen molar-refractivity contribution in [2.24, 2.45) is 5.73 Å². The largest absolute Gasteiger partial charge is 0.323 e. The van der Waals surface area contributed by atoms with E-state index in [0.717, 1.165) is 16.9 Å². The maximum absolute atomic E-state index is 6.13. The van der Waals surface area contributed by atoms with Gasteiger partial charge >= 0.3 is 0 Å². The molecule has 0 saturated carbocycles. The molecule has 0 aliphatic carbocycles. The Hall–Kier alpha value is -1.39. The van der Waals surface area contributed by atoms with Crippen molar-refractivity contribution in [2.45, 2.75) is 19.9 Å². The van der Waals surface area contributed by atoms with Crippen molar-refractivity contribution in [3.63, 3.8) is 0 Å². The van der Waals surface area contributed by atoms with E-state index >= 15 is 0 Å². The Morgan fingerprint density at radius 2 is 2.19 bits per heavy atom. The fraction of sp³-hybridized carbons (Fsp3) is 0.273. The van der Waals surface area contributed by atoms with Crippen molar-refractivity contribution in [2.75, 3.05) is 0 Å². The van der Waals surface area contributed by atoms with Gasteiger partial charge < -0.3 is 5.73 Å². The van der Waals surface area contributed by atoms with Crippen LogP contribution < -0.4 is 5.73 Å². The number of nitrogens with zero attached hydrogens (tertiary/aromatic N) is 3. The van der Waals surface area contributed by atoms with Crippen molar-refractivity contribution in [1.29, 1.82) is 0 Å². The molecule has 1 unspecified atom stereocenters. The molecule has 1 aromatic carbocycles. The second-order valence-electron chi connectivity index (χ2n) is 3.83. The van der Waals surface area contributed by atoms with Crippen LogP contribution in [-0.4, -0.2) is 15.0 Å². The Morgan fingerprint density at radius 1 is 1.44 bits per heavy atom. The van der Waals surface area contributed by atoms with E-state index in [0.29, 0.717) is 5.02 Å². The topological polar surface area (TPSA) is 56.7 Å². The molecule has 0 saturated heterocycles. The van der Waals surface area contributed by atoms with E-state index in [4.69, 9.17) is 17.3 Å². The Kier molecular flexibility index (Phi) is 2.94. The third-order valence-electron chi connectivity index (χ3n) is 2.33. The highest BCUT2D eigenvalue weighted by Crippen LogP contribution is 2.21. The molecule has 0 amide bonds. The molecule has 1 aromatic heterocycles. The number of aryl methyl sites for hydroxylation is 1. The van der Waals surface area contributed by atoms with Gasteiger partial charge in [-0.1, -0.05) is 22.9 Å². The summed E-state index contributed by atoms with van der Waals surface area (Å²) in [5.41, 5.74) is 8.39. The highest BCUT2D eigenvalue weighted by Gasteiger charge is 2.08. The van der Waals surface area contributed by atoms with Crippen LogP contribution in [0, 0.1) is 6.92 Å². The fourth-order valence-electron chi connectivity index (χ4n) is 1.40. The second-order valence-corrected chi connectivity index (χ2v) is 4.24. The van der Waals surface area contributed by atoms with Crippen LogP contribution in [-0.2, 0) is 0 Å². The zero-order valence-electron chi connectivity index (χ0n) is 9.18. The molecule has 1 atom stereocenters. The molecule has 4 nitrogen and oxygen atoms in total. The molecule has 2 aromatic rings. The minimum atomic E-state index is -0.127. The van der Waals surface area contributed by atoms with Crippen molar-refractivity contribution in [3.05, 3.63) is 40.7 Å². The fourth-order valence-corrected chi connectivity index (χ4v) is 1.72. The van der Waals surface area contributed by atoms with Gasteiger partial charge in [-0.05, 0) is 31.5 Å². The zero-order valence-corrected chi connectivity index (χ0v) is 9.94. The normalized spacial score (nSPS) is 12.8. The first kappa shape index (κ1) is 11.1. The van der Waals surface area contributed by atoms with Gasteiger partial charge in [0, 0.05) is 6.04 Å². The van der Waals surface area contributed by atoms with E-state index in [9.17, 15) is 0 Å². The second kappa shape index (κ2) is 4.23. The van der Waals surface area contributed by atoms with Crippen LogP contribution in [0.3, 0.4) is 0 Å². The number of hydrogen-bond acceptors (Lipinski definition) is 3. The summed E-state index contributed by atoms with van der Waals surface area (Å²) in [4.78, 5) is 0. The Balaban J connectivity index is 2.42. The number of halogens is 1. The van der Waals surface area contributed by atoms with Crippen LogP contribution >= 0.6 is 11.6 Å². The van der Waals surface area contributed by atoms with Crippen LogP contribution in [0.25, 0.3) is 5.69 Å². The molecule has 2 N–H and O–H groups in total. The highest BCUT2D eigenvalue weighted by atomic mass is 35.5. The summed E-state index contributed by atoms with van der Waals surface area (Å²) in [5.74, 6) is 0. The Labute approximate surface area is 99.0 Å². The average molecular weight is 237 g/mol. The molecule has 5 heteroatoms. The van der Waals surface area contributed by atoms with Gasteiger partial charge in [-0.3, -0.25) is 0 Å². The predicted molar refractivity (Wildman–Crippen MR) is 63.7 cm³/mol. The van der Waals surface area contributed by atoms with E-state index < -0.39 is 0 Å². The molecule has 1 heterocycles. The zero-order chi connectivity index (χ0) is 11.7. The molecular weight excluding hydrogens is 224 g/mol. The lowest BCUT2D eigenvalue weighted by atomic mass is 10.2. The first-order valence-electron chi connectivity index (χ1n) is 5.02. The van der Waals surface area contributed by atoms with Crippen LogP contribution in [0.15, 0.2) is 24.4 Å². The summed E-state index contributed by atoms with van der Waals surface area (Å²) in [5, 5.41) is 8.64. The summed E-state index contributed by atoms with van der Waals surface area (Å²) in [6.45, 7) is 3.86. The van der Waals surface area contributed by atoms with Crippen LogP contribution in [0.4, 0.5) is 0 Å². The third-order valence-corrected chi connectivity index (χ3v) is 2.63. The number of aromatic nitrogens is 3. The van der Waals surface area contributed by atoms with Gasteiger partial charge in [-0.25, -0.2) is 4.68 Å². The van der Waals surface area contributed by atoms with Crippen LogP contribution in [0.5, 0.6) is 0 Å². The standard InChI is InChI=1S/C11H13ClN4/c1-7-3-4-11(9(12)5-7)16-6-10(8(2)13)14-15-16/h3-6,8H,13H2,1-2H3. The summed E-state index contributed by atoms with van der Waals surface area (Å²) in [6, 6.07) is 5.66. The van der Waals surface area contributed by atoms with Crippen molar-refractivity contribution in [1.82, 2.24) is 15.0 Å². The lowest BCUT2D eigenvalue weighted by Crippen LogP contribution is -2.04. The molecule has 0 aliphatic rings. The lowest BCUT2D eigenvalue weighted by Gasteiger charge is -2.03. The van der Waals surface area contributed by atoms with E-state index in [1.165, 1.54) is 0 Å². The Morgan fingerprint density at radius 3 is 2.75 bits per heavy atom. The van der Waals surface area contributed by atoms with Gasteiger partial charge in [0.2, 0.25) is 0 Å². The molecule has 16 heavy (non-hydrogen) atoms. The van der Waals surface area contributed by atoms with Crippen molar-refractivity contribution < 1.29 is 0 Å². The number of rotatable bonds is 2. The molecule has 0 aliphatic heterocycles. The van der Waals surface area contributed by atoms with Crippen molar-refractivity contribution in [3.8, 4) is 5.69 Å². The monoisotopic (exact) mass is 236 g/mol. The van der Waals surface area contributed by atoms with Gasteiger partial charge in [0.05, 0.1) is 22.6 Å². The quantitative estimate of drug-likeness (QED) is 0.870. The molecular formula is C11H13ClN4. The first-order chi connectivity index (χ1) is 7.58. The summed E-state index contributed by atoms with van der Waals surface area (Å²) in [7, 11) is 0. The molecule has 0 bridgehead atoms. The van der Waals surface area contributed by atoms with Gasteiger partial charge in [0.1, 0.15) is 0 Å². The van der Waals surface area contributed by atoms with Gasteiger partial charge in [-0.2, -0.15) is 0 Å². The molecule has 84 valence electrons. The van der Waals surface area contributed by atoms with E-state index in [1.807, 2.05) is 32.0 Å². The maximum Gasteiger partial charge on any atom is 0.0995 e. The SMILES string of the molecule is Cc1ccc(-n2cc(C(C)N)nn2)c(Cl)c1.